The molecule has 0 aliphatic rings. The fourth-order valence-corrected chi connectivity index (χ4v) is 5.81. The van der Waals surface area contributed by atoms with E-state index in [9.17, 15) is 4.89 Å². The molecule has 0 fully saturated rings. The molecule has 2 nitrogen and oxygen atoms in total. The van der Waals surface area contributed by atoms with E-state index in [0.29, 0.717) is 18.4 Å². The van der Waals surface area contributed by atoms with Crippen molar-refractivity contribution in [2.24, 2.45) is 11.8 Å². The van der Waals surface area contributed by atoms with Crippen LogP contribution in [0.2, 0.25) is 0 Å². The summed E-state index contributed by atoms with van der Waals surface area (Å²) in [6.07, 6.45) is 9.46. The van der Waals surface area contributed by atoms with Crippen LogP contribution in [0.4, 0.5) is 0 Å². The molecule has 0 aromatic heterocycles. The SMILES string of the molecule is CCCCC(CC)COP([O-])(=S)SCC(CC)CCCC.[Ni]. The van der Waals surface area contributed by atoms with Gasteiger partial charge in [0.15, 0.2) is 0 Å². The standard InChI is InChI=1S/C16H35O2PS2.Ni/c1-5-9-11-15(7-3)13-18-19(17,20)21-14-16(8-4)12-10-6-2;/h15-16H,5-14H2,1-4H3,(H,17,20);/p-1. The smallest absolute Gasteiger partial charge is 0.0541 e. The predicted molar refractivity (Wildman–Crippen MR) is 99.3 cm³/mol. The van der Waals surface area contributed by atoms with Crippen molar-refractivity contribution in [1.82, 2.24) is 0 Å². The quantitative estimate of drug-likeness (QED) is 0.269. The summed E-state index contributed by atoms with van der Waals surface area (Å²) >= 11 is 6.58. The maximum absolute atomic E-state index is 12.4. The van der Waals surface area contributed by atoms with E-state index in [-0.39, 0.29) is 16.5 Å². The Bertz CT molecular complexity index is 269. The molecule has 3 atom stereocenters. The Morgan fingerprint density at radius 1 is 1.00 bits per heavy atom. The molecule has 0 aromatic rings. The average Bonchev–Trinajstić information content (AvgIpc) is 2.47. The molecule has 0 bridgehead atoms. The molecule has 0 amide bonds. The first-order valence-electron chi connectivity index (χ1n) is 8.59. The number of rotatable bonds is 14. The van der Waals surface area contributed by atoms with Gasteiger partial charge in [-0.2, -0.15) is 0 Å². The zero-order valence-corrected chi connectivity index (χ0v) is 18.1. The minimum absolute atomic E-state index is 0. The van der Waals surface area contributed by atoms with Crippen molar-refractivity contribution in [1.29, 1.82) is 0 Å². The van der Waals surface area contributed by atoms with E-state index >= 15 is 0 Å². The molecule has 0 saturated carbocycles. The largest absolute Gasteiger partial charge is 0.793 e. The van der Waals surface area contributed by atoms with E-state index in [4.69, 9.17) is 16.3 Å². The van der Waals surface area contributed by atoms with E-state index in [1.54, 1.807) is 0 Å². The first kappa shape index (κ1) is 25.7. The van der Waals surface area contributed by atoms with Crippen molar-refractivity contribution in [2.45, 2.75) is 79.1 Å². The first-order chi connectivity index (χ1) is 9.99. The van der Waals surface area contributed by atoms with Gasteiger partial charge in [0.05, 0.1) is 6.61 Å². The predicted octanol–water partition coefficient (Wildman–Crippen LogP) is 5.75. The summed E-state index contributed by atoms with van der Waals surface area (Å²) < 4.78 is 5.61. The summed E-state index contributed by atoms with van der Waals surface area (Å²) in [4.78, 5) is 12.4. The van der Waals surface area contributed by atoms with Gasteiger partial charge in [0.25, 0.3) is 0 Å². The van der Waals surface area contributed by atoms with E-state index < -0.39 is 5.69 Å². The van der Waals surface area contributed by atoms with Gasteiger partial charge in [-0.15, -0.1) is 11.4 Å². The number of hydrogen-bond donors (Lipinski definition) is 0. The average molecular weight is 412 g/mol. The maximum atomic E-state index is 12.4. The van der Waals surface area contributed by atoms with E-state index in [0.717, 1.165) is 25.0 Å². The minimum atomic E-state index is -2.89. The van der Waals surface area contributed by atoms with Crippen molar-refractivity contribution in [3.63, 3.8) is 0 Å². The van der Waals surface area contributed by atoms with E-state index in [2.05, 4.69) is 27.7 Å². The van der Waals surface area contributed by atoms with Gasteiger partial charge in [-0.25, -0.2) is 0 Å². The summed E-state index contributed by atoms with van der Waals surface area (Å²) in [5.41, 5.74) is -2.89. The number of hydrogen-bond acceptors (Lipinski definition) is 4. The van der Waals surface area contributed by atoms with Crippen LogP contribution < -0.4 is 4.89 Å². The maximum Gasteiger partial charge on any atom is 0.0541 e. The van der Waals surface area contributed by atoms with Crippen molar-refractivity contribution < 1.29 is 25.9 Å². The molecule has 0 aliphatic heterocycles. The van der Waals surface area contributed by atoms with Gasteiger partial charge in [0.1, 0.15) is 0 Å². The van der Waals surface area contributed by atoms with Crippen LogP contribution in [0, 0.1) is 11.8 Å². The van der Waals surface area contributed by atoms with Gasteiger partial charge >= 0.3 is 0 Å². The van der Waals surface area contributed by atoms with E-state index in [1.807, 2.05) is 0 Å². The van der Waals surface area contributed by atoms with Crippen LogP contribution in [0.1, 0.15) is 79.1 Å². The second-order valence-corrected chi connectivity index (χ2v) is 12.0. The summed E-state index contributed by atoms with van der Waals surface area (Å²) in [5.74, 6) is 2.00. The van der Waals surface area contributed by atoms with Crippen LogP contribution in [0.25, 0.3) is 0 Å². The van der Waals surface area contributed by atoms with Crippen LogP contribution in [-0.4, -0.2) is 12.4 Å². The fourth-order valence-electron chi connectivity index (χ4n) is 2.23. The summed E-state index contributed by atoms with van der Waals surface area (Å²) in [7, 11) is 0. The molecule has 0 aromatic carbocycles. The van der Waals surface area contributed by atoms with Crippen LogP contribution >= 0.6 is 17.1 Å². The second kappa shape index (κ2) is 15.9. The molecule has 0 spiro atoms. The third kappa shape index (κ3) is 13.8. The Balaban J connectivity index is 0. The van der Waals surface area contributed by atoms with Gasteiger partial charge in [0, 0.05) is 27.9 Å². The molecule has 0 aliphatic carbocycles. The Hall–Kier alpha value is 1.41. The molecular formula is C16H34NiO2PS2-. The van der Waals surface area contributed by atoms with E-state index in [1.165, 1.54) is 43.5 Å². The summed E-state index contributed by atoms with van der Waals surface area (Å²) in [6.45, 7) is 9.34. The Labute approximate surface area is 157 Å². The molecule has 6 heteroatoms. The fraction of sp³-hybridized carbons (Fsp3) is 1.00. The van der Waals surface area contributed by atoms with Crippen molar-refractivity contribution >= 4 is 28.9 Å². The normalized spacial score (nSPS) is 16.6. The zero-order chi connectivity index (χ0) is 16.1. The molecule has 0 radical (unpaired) electrons. The molecule has 0 rings (SSSR count). The van der Waals surface area contributed by atoms with Crippen LogP contribution in [0.15, 0.2) is 0 Å². The number of unbranched alkanes of at least 4 members (excludes halogenated alkanes) is 2. The first-order valence-corrected chi connectivity index (χ1v) is 12.8. The Morgan fingerprint density at radius 3 is 1.95 bits per heavy atom. The molecule has 0 saturated heterocycles. The van der Waals surface area contributed by atoms with Crippen molar-refractivity contribution in [3.8, 4) is 0 Å². The monoisotopic (exact) mass is 411 g/mol. The third-order valence-electron chi connectivity index (χ3n) is 4.02. The summed E-state index contributed by atoms with van der Waals surface area (Å²) in [6, 6.07) is 0. The Morgan fingerprint density at radius 2 is 1.50 bits per heavy atom. The topological polar surface area (TPSA) is 32.3 Å². The molecule has 138 valence electrons. The zero-order valence-electron chi connectivity index (χ0n) is 14.6. The molecule has 0 N–H and O–H groups in total. The third-order valence-corrected chi connectivity index (χ3v) is 8.40. The second-order valence-electron chi connectivity index (χ2n) is 5.87. The summed E-state index contributed by atoms with van der Waals surface area (Å²) in [5, 5.41) is 0. The van der Waals surface area contributed by atoms with Crippen LogP contribution in [0.3, 0.4) is 0 Å². The van der Waals surface area contributed by atoms with Gasteiger partial charge in [-0.3, -0.25) is 0 Å². The minimum Gasteiger partial charge on any atom is -0.793 e. The van der Waals surface area contributed by atoms with Crippen LogP contribution in [-0.2, 0) is 32.8 Å². The van der Waals surface area contributed by atoms with Gasteiger partial charge in [0.2, 0.25) is 0 Å². The Kier molecular flexibility index (Phi) is 18.6. The van der Waals surface area contributed by atoms with Gasteiger partial charge in [-0.1, -0.05) is 78.0 Å². The van der Waals surface area contributed by atoms with Crippen molar-refractivity contribution in [3.05, 3.63) is 0 Å². The van der Waals surface area contributed by atoms with Gasteiger partial charge < -0.3 is 9.42 Å². The van der Waals surface area contributed by atoms with Crippen LogP contribution in [0.5, 0.6) is 0 Å². The molecule has 22 heavy (non-hydrogen) atoms. The molecule has 0 heterocycles. The molecule has 3 unspecified atom stereocenters. The molecular weight excluding hydrogens is 378 g/mol. The van der Waals surface area contributed by atoms with Gasteiger partial charge in [-0.05, 0) is 24.7 Å². The van der Waals surface area contributed by atoms with Crippen molar-refractivity contribution in [2.75, 3.05) is 12.4 Å².